The molecule has 3 heterocycles. The molecule has 5 heteroatoms. The summed E-state index contributed by atoms with van der Waals surface area (Å²) in [5.74, 6) is 4.18. The van der Waals surface area contributed by atoms with Crippen molar-refractivity contribution in [2.24, 2.45) is 11.8 Å². The van der Waals surface area contributed by atoms with Gasteiger partial charge < -0.3 is 0 Å². The van der Waals surface area contributed by atoms with E-state index in [1.54, 1.807) is 0 Å². The molecule has 2 bridgehead atoms. The number of hydrogen-bond acceptors (Lipinski definition) is 3. The first kappa shape index (κ1) is 25.1. The second kappa shape index (κ2) is 9.60. The maximum Gasteiger partial charge on any atom is 0.240 e. The van der Waals surface area contributed by atoms with Crippen molar-refractivity contribution in [1.29, 1.82) is 0 Å². The number of hydrogen-bond donors (Lipinski definition) is 0. The minimum atomic E-state index is 0.560. The van der Waals surface area contributed by atoms with Crippen LogP contribution in [0.25, 0.3) is 66.9 Å². The average Bonchev–Trinajstić information content (AvgIpc) is 3.88. The van der Waals surface area contributed by atoms with Crippen LogP contribution in [0.4, 0.5) is 0 Å². The summed E-state index contributed by atoms with van der Waals surface area (Å²) in [6.45, 7) is 0. The minimum absolute atomic E-state index is 0.560. The molecule has 0 radical (unpaired) electrons. The predicted octanol–water partition coefficient (Wildman–Crippen LogP) is 9.64. The summed E-state index contributed by atoms with van der Waals surface area (Å²) in [6.07, 6.45) is 5.34. The Hall–Kier alpha value is -5.29. The van der Waals surface area contributed by atoms with E-state index < -0.39 is 0 Å². The van der Waals surface area contributed by atoms with Gasteiger partial charge in [0.25, 0.3) is 0 Å². The molecule has 2 aliphatic carbocycles. The molecule has 45 heavy (non-hydrogen) atoms. The smallest absolute Gasteiger partial charge is 0.240 e. The molecule has 3 unspecified atom stereocenters. The van der Waals surface area contributed by atoms with E-state index in [4.69, 9.17) is 15.0 Å². The number of para-hydroxylation sites is 4. The van der Waals surface area contributed by atoms with Gasteiger partial charge in [-0.3, -0.25) is 9.13 Å². The Labute approximate surface area is 260 Å². The van der Waals surface area contributed by atoms with Crippen LogP contribution in [0.1, 0.15) is 37.2 Å². The van der Waals surface area contributed by atoms with Gasteiger partial charge in [0.2, 0.25) is 11.9 Å². The van der Waals surface area contributed by atoms with Crippen molar-refractivity contribution in [3.05, 3.63) is 127 Å². The van der Waals surface area contributed by atoms with Gasteiger partial charge in [-0.2, -0.15) is 15.0 Å². The lowest BCUT2D eigenvalue weighted by Gasteiger charge is -2.24. The molecule has 3 aromatic heterocycles. The van der Waals surface area contributed by atoms with Crippen molar-refractivity contribution >= 4 is 43.6 Å². The topological polar surface area (TPSA) is 48.5 Å². The molecule has 5 nitrogen and oxygen atoms in total. The quantitative estimate of drug-likeness (QED) is 0.208. The summed E-state index contributed by atoms with van der Waals surface area (Å²) in [6, 6.07) is 43.1. The third-order valence-electron chi connectivity index (χ3n) is 10.5. The Morgan fingerprint density at radius 1 is 0.467 bits per heavy atom. The lowest BCUT2D eigenvalue weighted by Crippen LogP contribution is -2.13. The standard InChI is InChI=1S/C40H31N5/c1-2-16-32(27(11-1)33-24-25-21-22-26(33)23-25)38-41-39(44-34-17-7-3-12-28(34)29-13-4-8-18-35(29)44)43-40(42-38)45-36-19-9-5-14-30(36)31-15-6-10-20-37(31)45/h1-20,25-26,33H,21-24H2. The van der Waals surface area contributed by atoms with E-state index in [0.717, 1.165) is 45.3 Å². The first-order valence-electron chi connectivity index (χ1n) is 16.1. The van der Waals surface area contributed by atoms with Crippen molar-refractivity contribution in [1.82, 2.24) is 24.1 Å². The molecule has 216 valence electrons. The number of nitrogens with zero attached hydrogens (tertiary/aromatic N) is 5. The van der Waals surface area contributed by atoms with Gasteiger partial charge in [-0.1, -0.05) is 103 Å². The summed E-state index contributed by atoms with van der Waals surface area (Å²) in [5, 5.41) is 4.76. The monoisotopic (exact) mass is 581 g/mol. The van der Waals surface area contributed by atoms with Crippen LogP contribution in [-0.2, 0) is 0 Å². The van der Waals surface area contributed by atoms with Gasteiger partial charge in [0.1, 0.15) is 0 Å². The lowest BCUT2D eigenvalue weighted by molar-refractivity contribution is 0.420. The first-order valence-corrected chi connectivity index (χ1v) is 16.1. The summed E-state index contributed by atoms with van der Waals surface area (Å²) < 4.78 is 4.43. The van der Waals surface area contributed by atoms with Crippen molar-refractivity contribution in [3.8, 4) is 23.3 Å². The first-order chi connectivity index (χ1) is 22.3. The fourth-order valence-electron chi connectivity index (χ4n) is 8.60. The second-order valence-corrected chi connectivity index (χ2v) is 12.9. The third-order valence-corrected chi connectivity index (χ3v) is 10.5. The molecule has 0 N–H and O–H groups in total. The van der Waals surface area contributed by atoms with E-state index in [0.29, 0.717) is 17.8 Å². The maximum atomic E-state index is 5.34. The van der Waals surface area contributed by atoms with E-state index in [1.807, 2.05) is 0 Å². The molecule has 2 fully saturated rings. The van der Waals surface area contributed by atoms with Gasteiger partial charge in [0.05, 0.1) is 22.1 Å². The highest BCUT2D eigenvalue weighted by Gasteiger charge is 2.41. The van der Waals surface area contributed by atoms with Crippen molar-refractivity contribution < 1.29 is 0 Å². The molecule has 8 aromatic rings. The van der Waals surface area contributed by atoms with Crippen LogP contribution in [0.2, 0.25) is 0 Å². The van der Waals surface area contributed by atoms with Gasteiger partial charge in [0, 0.05) is 27.1 Å². The highest BCUT2D eigenvalue weighted by atomic mass is 15.3. The van der Waals surface area contributed by atoms with Crippen LogP contribution in [-0.4, -0.2) is 24.1 Å². The Balaban J connectivity index is 1.30. The second-order valence-electron chi connectivity index (χ2n) is 12.9. The van der Waals surface area contributed by atoms with Gasteiger partial charge in [0.15, 0.2) is 5.82 Å². The summed E-state index contributed by atoms with van der Waals surface area (Å²) in [5.41, 5.74) is 6.87. The van der Waals surface area contributed by atoms with Crippen molar-refractivity contribution in [2.45, 2.75) is 31.6 Å². The van der Waals surface area contributed by atoms with Crippen LogP contribution in [0, 0.1) is 11.8 Å². The zero-order valence-electron chi connectivity index (χ0n) is 24.8. The van der Waals surface area contributed by atoms with E-state index in [2.05, 4.69) is 130 Å². The highest BCUT2D eigenvalue weighted by Crippen LogP contribution is 2.54. The normalized spacial score (nSPS) is 19.4. The molecule has 2 saturated carbocycles. The van der Waals surface area contributed by atoms with Gasteiger partial charge >= 0.3 is 0 Å². The number of rotatable bonds is 4. The van der Waals surface area contributed by atoms with Crippen molar-refractivity contribution in [2.75, 3.05) is 0 Å². The molecular weight excluding hydrogens is 550 g/mol. The van der Waals surface area contributed by atoms with E-state index in [9.17, 15) is 0 Å². The number of fused-ring (bicyclic) bond motifs is 8. The molecule has 3 atom stereocenters. The third kappa shape index (κ3) is 3.70. The van der Waals surface area contributed by atoms with Crippen LogP contribution < -0.4 is 0 Å². The average molecular weight is 582 g/mol. The SMILES string of the molecule is c1ccc(C2CC3CCC2C3)c(-c2nc(-n3c4ccccc4c4ccccc43)nc(-n3c4ccccc4c4ccccc43)n2)c1. The minimum Gasteiger partial charge on any atom is -0.278 e. The molecule has 0 spiro atoms. The zero-order chi connectivity index (χ0) is 29.5. The lowest BCUT2D eigenvalue weighted by atomic mass is 9.81. The molecule has 0 aliphatic heterocycles. The number of aromatic nitrogens is 5. The molecular formula is C40H31N5. The predicted molar refractivity (Wildman–Crippen MR) is 182 cm³/mol. The van der Waals surface area contributed by atoms with E-state index in [-0.39, 0.29) is 0 Å². The Morgan fingerprint density at radius 3 is 1.40 bits per heavy atom. The van der Waals surface area contributed by atoms with E-state index >= 15 is 0 Å². The maximum absolute atomic E-state index is 5.34. The molecule has 5 aromatic carbocycles. The van der Waals surface area contributed by atoms with Gasteiger partial charge in [-0.15, -0.1) is 0 Å². The molecule has 0 saturated heterocycles. The fraction of sp³-hybridized carbons (Fsp3) is 0.175. The van der Waals surface area contributed by atoms with Crippen molar-refractivity contribution in [3.63, 3.8) is 0 Å². The van der Waals surface area contributed by atoms with Gasteiger partial charge in [-0.05, 0) is 66.8 Å². The van der Waals surface area contributed by atoms with Crippen LogP contribution in [0.3, 0.4) is 0 Å². The largest absolute Gasteiger partial charge is 0.278 e. The van der Waals surface area contributed by atoms with Crippen LogP contribution >= 0.6 is 0 Å². The Kier molecular flexibility index (Phi) is 5.35. The summed E-state index contributed by atoms with van der Waals surface area (Å²) >= 11 is 0. The molecule has 10 rings (SSSR count). The Bertz CT molecular complexity index is 2190. The highest BCUT2D eigenvalue weighted by molar-refractivity contribution is 6.10. The van der Waals surface area contributed by atoms with Gasteiger partial charge in [-0.25, -0.2) is 0 Å². The summed E-state index contributed by atoms with van der Waals surface area (Å²) in [4.78, 5) is 16.0. The Morgan fingerprint density at radius 2 is 0.933 bits per heavy atom. The van der Waals surface area contributed by atoms with Crippen LogP contribution in [0.5, 0.6) is 0 Å². The van der Waals surface area contributed by atoms with Crippen LogP contribution in [0.15, 0.2) is 121 Å². The summed E-state index contributed by atoms with van der Waals surface area (Å²) in [7, 11) is 0. The molecule has 2 aliphatic rings. The number of benzene rings is 5. The fourth-order valence-corrected chi connectivity index (χ4v) is 8.60. The van der Waals surface area contributed by atoms with E-state index in [1.165, 1.54) is 52.8 Å². The molecule has 0 amide bonds. The zero-order valence-corrected chi connectivity index (χ0v) is 24.8.